The van der Waals surface area contributed by atoms with Gasteiger partial charge in [-0.25, -0.2) is 0 Å². The van der Waals surface area contributed by atoms with Crippen molar-refractivity contribution >= 4 is 11.6 Å². The van der Waals surface area contributed by atoms with Crippen LogP contribution in [0.3, 0.4) is 0 Å². The van der Waals surface area contributed by atoms with E-state index < -0.39 is 11.7 Å². The summed E-state index contributed by atoms with van der Waals surface area (Å²) in [6.07, 6.45) is -3.79. The van der Waals surface area contributed by atoms with Crippen LogP contribution in [0.2, 0.25) is 0 Å². The Labute approximate surface area is 138 Å². The van der Waals surface area contributed by atoms with E-state index >= 15 is 0 Å². The van der Waals surface area contributed by atoms with Crippen LogP contribution in [-0.2, 0) is 11.0 Å². The molecule has 0 atom stereocenters. The van der Waals surface area contributed by atoms with Crippen molar-refractivity contribution < 1.29 is 22.7 Å². The highest BCUT2D eigenvalue weighted by molar-refractivity contribution is 5.90. The van der Waals surface area contributed by atoms with Crippen LogP contribution in [0.1, 0.15) is 24.0 Å². The summed E-state index contributed by atoms with van der Waals surface area (Å²) in [6, 6.07) is 12.1. The number of ether oxygens (including phenoxy) is 1. The van der Waals surface area contributed by atoms with Crippen molar-refractivity contribution in [1.29, 1.82) is 0 Å². The number of alkyl halides is 3. The van der Waals surface area contributed by atoms with Gasteiger partial charge in [-0.05, 0) is 43.7 Å². The lowest BCUT2D eigenvalue weighted by atomic mass is 10.2. The second-order valence-corrected chi connectivity index (χ2v) is 5.39. The van der Waals surface area contributed by atoms with Gasteiger partial charge in [0.15, 0.2) is 0 Å². The van der Waals surface area contributed by atoms with E-state index in [1.165, 1.54) is 12.1 Å². The monoisotopic (exact) mass is 337 g/mol. The minimum Gasteiger partial charge on any atom is -0.494 e. The highest BCUT2D eigenvalue weighted by atomic mass is 19.4. The zero-order chi connectivity index (χ0) is 17.6. The predicted molar refractivity (Wildman–Crippen MR) is 86.0 cm³/mol. The Hall–Kier alpha value is -2.50. The molecule has 0 aromatic heterocycles. The van der Waals surface area contributed by atoms with Crippen molar-refractivity contribution in [1.82, 2.24) is 0 Å². The molecule has 0 saturated heterocycles. The molecule has 0 heterocycles. The summed E-state index contributed by atoms with van der Waals surface area (Å²) in [5.74, 6) is 0.376. The van der Waals surface area contributed by atoms with E-state index in [2.05, 4.69) is 5.32 Å². The second-order valence-electron chi connectivity index (χ2n) is 5.39. The fraction of sp³-hybridized carbons (Fsp3) is 0.278. The summed E-state index contributed by atoms with van der Waals surface area (Å²) in [5, 5.41) is 2.47. The van der Waals surface area contributed by atoms with Crippen LogP contribution in [0, 0.1) is 6.92 Å². The Morgan fingerprint density at radius 3 is 2.50 bits per heavy atom. The van der Waals surface area contributed by atoms with Crippen molar-refractivity contribution in [3.63, 3.8) is 0 Å². The normalized spacial score (nSPS) is 11.2. The van der Waals surface area contributed by atoms with Gasteiger partial charge >= 0.3 is 6.18 Å². The van der Waals surface area contributed by atoms with Crippen molar-refractivity contribution in [3.8, 4) is 5.75 Å². The SMILES string of the molecule is Cc1ccc(OCCCC(=O)Nc2cccc(C(F)(F)F)c2)cc1. The van der Waals surface area contributed by atoms with Crippen LogP contribution in [0.4, 0.5) is 18.9 Å². The molecule has 0 bridgehead atoms. The third kappa shape index (κ3) is 5.61. The molecule has 0 radical (unpaired) electrons. The smallest absolute Gasteiger partial charge is 0.416 e. The molecule has 3 nitrogen and oxygen atoms in total. The molecule has 0 unspecified atom stereocenters. The minimum atomic E-state index is -4.43. The molecule has 24 heavy (non-hydrogen) atoms. The highest BCUT2D eigenvalue weighted by Crippen LogP contribution is 2.30. The molecule has 0 aliphatic carbocycles. The average Bonchev–Trinajstić information content (AvgIpc) is 2.53. The van der Waals surface area contributed by atoms with Gasteiger partial charge in [0.2, 0.25) is 5.91 Å². The summed E-state index contributed by atoms with van der Waals surface area (Å²) in [7, 11) is 0. The number of carbonyl (C=O) groups excluding carboxylic acids is 1. The zero-order valence-corrected chi connectivity index (χ0v) is 13.2. The number of amides is 1. The van der Waals surface area contributed by atoms with Crippen LogP contribution in [0.5, 0.6) is 5.75 Å². The average molecular weight is 337 g/mol. The van der Waals surface area contributed by atoms with E-state index in [9.17, 15) is 18.0 Å². The lowest BCUT2D eigenvalue weighted by molar-refractivity contribution is -0.137. The van der Waals surface area contributed by atoms with Gasteiger partial charge in [0.05, 0.1) is 12.2 Å². The molecule has 1 N–H and O–H groups in total. The third-order valence-corrected chi connectivity index (χ3v) is 3.31. The minimum absolute atomic E-state index is 0.134. The standard InChI is InChI=1S/C18H18F3NO2/c1-13-7-9-16(10-8-13)24-11-3-6-17(23)22-15-5-2-4-14(12-15)18(19,20)21/h2,4-5,7-10,12H,3,6,11H2,1H3,(H,22,23). The first-order chi connectivity index (χ1) is 11.3. The summed E-state index contributed by atoms with van der Waals surface area (Å²) < 4.78 is 43.3. The first kappa shape index (κ1) is 17.8. The molecule has 1 amide bonds. The maximum atomic E-state index is 12.6. The number of carbonyl (C=O) groups is 1. The van der Waals surface area contributed by atoms with Gasteiger partial charge in [-0.1, -0.05) is 23.8 Å². The van der Waals surface area contributed by atoms with E-state index in [0.29, 0.717) is 13.0 Å². The van der Waals surface area contributed by atoms with Gasteiger partial charge in [0.25, 0.3) is 0 Å². The lowest BCUT2D eigenvalue weighted by Crippen LogP contribution is -2.14. The van der Waals surface area contributed by atoms with Crippen LogP contribution in [-0.4, -0.2) is 12.5 Å². The molecular weight excluding hydrogens is 319 g/mol. The van der Waals surface area contributed by atoms with E-state index in [0.717, 1.165) is 23.4 Å². The van der Waals surface area contributed by atoms with Gasteiger partial charge in [-0.3, -0.25) is 4.79 Å². The van der Waals surface area contributed by atoms with Crippen molar-refractivity contribution in [2.45, 2.75) is 25.9 Å². The van der Waals surface area contributed by atoms with Gasteiger partial charge in [-0.15, -0.1) is 0 Å². The molecule has 2 rings (SSSR count). The van der Waals surface area contributed by atoms with E-state index in [4.69, 9.17) is 4.74 Å². The summed E-state index contributed by atoms with van der Waals surface area (Å²) in [5.41, 5.74) is 0.472. The number of rotatable bonds is 6. The van der Waals surface area contributed by atoms with Crippen LogP contribution in [0.25, 0.3) is 0 Å². The van der Waals surface area contributed by atoms with E-state index in [-0.39, 0.29) is 18.0 Å². The quantitative estimate of drug-likeness (QED) is 0.768. The van der Waals surface area contributed by atoms with Crippen LogP contribution >= 0.6 is 0 Å². The van der Waals surface area contributed by atoms with Gasteiger partial charge in [0, 0.05) is 12.1 Å². The summed E-state index contributed by atoms with van der Waals surface area (Å²) in [4.78, 5) is 11.8. The molecule has 128 valence electrons. The number of benzene rings is 2. The van der Waals surface area contributed by atoms with Gasteiger partial charge in [-0.2, -0.15) is 13.2 Å². The number of nitrogens with one attached hydrogen (secondary N) is 1. The Morgan fingerprint density at radius 2 is 1.83 bits per heavy atom. The van der Waals surface area contributed by atoms with Crippen molar-refractivity contribution in [2.75, 3.05) is 11.9 Å². The van der Waals surface area contributed by atoms with Crippen molar-refractivity contribution in [3.05, 3.63) is 59.7 Å². The highest BCUT2D eigenvalue weighted by Gasteiger charge is 2.30. The zero-order valence-electron chi connectivity index (χ0n) is 13.2. The molecule has 0 saturated carbocycles. The van der Waals surface area contributed by atoms with Gasteiger partial charge in [0.1, 0.15) is 5.75 Å². The molecule has 0 aliphatic rings. The molecule has 2 aromatic carbocycles. The molecule has 0 spiro atoms. The maximum absolute atomic E-state index is 12.6. The van der Waals surface area contributed by atoms with Crippen LogP contribution < -0.4 is 10.1 Å². The molecule has 6 heteroatoms. The molecule has 0 aliphatic heterocycles. The van der Waals surface area contributed by atoms with Crippen molar-refractivity contribution in [2.24, 2.45) is 0 Å². The first-order valence-electron chi connectivity index (χ1n) is 7.51. The first-order valence-corrected chi connectivity index (χ1v) is 7.51. The number of anilines is 1. The second kappa shape index (κ2) is 7.86. The van der Waals surface area contributed by atoms with E-state index in [1.54, 1.807) is 0 Å². The third-order valence-electron chi connectivity index (χ3n) is 3.31. The number of hydrogen-bond donors (Lipinski definition) is 1. The summed E-state index contributed by atoms with van der Waals surface area (Å²) >= 11 is 0. The fourth-order valence-corrected chi connectivity index (χ4v) is 2.05. The molecule has 2 aromatic rings. The van der Waals surface area contributed by atoms with Gasteiger partial charge < -0.3 is 10.1 Å². The Kier molecular flexibility index (Phi) is 5.84. The number of aryl methyl sites for hydroxylation is 1. The Bertz CT molecular complexity index is 681. The Morgan fingerprint density at radius 1 is 1.12 bits per heavy atom. The predicted octanol–water partition coefficient (Wildman–Crippen LogP) is 4.81. The Balaban J connectivity index is 1.76. The largest absolute Gasteiger partial charge is 0.494 e. The summed E-state index contributed by atoms with van der Waals surface area (Å²) in [6.45, 7) is 2.33. The molecular formula is C18H18F3NO2. The topological polar surface area (TPSA) is 38.3 Å². The van der Waals surface area contributed by atoms with Crippen LogP contribution in [0.15, 0.2) is 48.5 Å². The number of halogens is 3. The van der Waals surface area contributed by atoms with E-state index in [1.807, 2.05) is 31.2 Å². The fourth-order valence-electron chi connectivity index (χ4n) is 2.05. The lowest BCUT2D eigenvalue weighted by Gasteiger charge is -2.10. The number of hydrogen-bond acceptors (Lipinski definition) is 2. The molecule has 0 fully saturated rings. The maximum Gasteiger partial charge on any atom is 0.416 e.